The Morgan fingerprint density at radius 1 is 1.13 bits per heavy atom. The lowest BCUT2D eigenvalue weighted by Gasteiger charge is -2.20. The van der Waals surface area contributed by atoms with Crippen LogP contribution in [0.15, 0.2) is 54.6 Å². The molecule has 2 aromatic rings. The number of esters is 1. The van der Waals surface area contributed by atoms with Crippen molar-refractivity contribution in [1.82, 2.24) is 4.90 Å². The van der Waals surface area contributed by atoms with E-state index in [1.54, 1.807) is 30.3 Å². The molecule has 2 aromatic carbocycles. The highest BCUT2D eigenvalue weighted by Crippen LogP contribution is 2.31. The number of anilines is 1. The smallest absolute Gasteiger partial charge is 0.416 e. The van der Waals surface area contributed by atoms with Crippen molar-refractivity contribution in [3.05, 3.63) is 65.7 Å². The monoisotopic (exact) mass is 438 g/mol. The lowest BCUT2D eigenvalue weighted by Crippen LogP contribution is -2.34. The second-order valence-corrected chi connectivity index (χ2v) is 7.43. The summed E-state index contributed by atoms with van der Waals surface area (Å²) < 4.78 is 44.0. The van der Waals surface area contributed by atoms with Crippen molar-refractivity contribution in [2.45, 2.75) is 12.3 Å². The molecule has 158 valence electrons. The number of hydrogen-bond donors (Lipinski definition) is 1. The van der Waals surface area contributed by atoms with Gasteiger partial charge in [-0.2, -0.15) is 13.2 Å². The molecule has 30 heavy (non-hydrogen) atoms. The van der Waals surface area contributed by atoms with Crippen molar-refractivity contribution >= 4 is 34.6 Å². The second kappa shape index (κ2) is 9.21. The van der Waals surface area contributed by atoms with Gasteiger partial charge in [-0.25, -0.2) is 0 Å². The van der Waals surface area contributed by atoms with Crippen LogP contribution in [-0.4, -0.2) is 40.9 Å². The standard InChI is InChI=1S/C20H17F3N2O4S/c21-20(22,23)14-7-4-8-15(11-14)24-18(27)17(13-5-2-1-3-6-13)29-16(26)12-25-9-10-30-19(25)28/h1-8,11,17H,9-10,12H2,(H,24,27). The number of hydrogen-bond acceptors (Lipinski definition) is 5. The molecule has 10 heteroatoms. The summed E-state index contributed by atoms with van der Waals surface area (Å²) in [6.07, 6.45) is -5.95. The third-order valence-electron chi connectivity index (χ3n) is 4.21. The molecule has 0 radical (unpaired) electrons. The van der Waals surface area contributed by atoms with E-state index in [2.05, 4.69) is 5.32 Å². The molecule has 6 nitrogen and oxygen atoms in total. The maximum Gasteiger partial charge on any atom is 0.416 e. The van der Waals surface area contributed by atoms with Gasteiger partial charge in [0.15, 0.2) is 0 Å². The Hall–Kier alpha value is -3.01. The molecule has 0 aliphatic carbocycles. The first-order chi connectivity index (χ1) is 14.2. The Bertz CT molecular complexity index is 937. The minimum atomic E-state index is -4.56. The van der Waals surface area contributed by atoms with Crippen molar-refractivity contribution in [2.75, 3.05) is 24.2 Å². The lowest BCUT2D eigenvalue weighted by molar-refractivity contribution is -0.155. The normalized spacial score (nSPS) is 15.0. The molecule has 0 bridgehead atoms. The van der Waals surface area contributed by atoms with Crippen molar-refractivity contribution < 1.29 is 32.3 Å². The van der Waals surface area contributed by atoms with Crippen LogP contribution in [0.25, 0.3) is 0 Å². The summed E-state index contributed by atoms with van der Waals surface area (Å²) in [6, 6.07) is 12.2. The Balaban J connectivity index is 1.76. The van der Waals surface area contributed by atoms with E-state index in [1.165, 1.54) is 17.0 Å². The number of alkyl halides is 3. The van der Waals surface area contributed by atoms with E-state index >= 15 is 0 Å². The predicted octanol–water partition coefficient (Wildman–Crippen LogP) is 4.10. The first kappa shape index (κ1) is 21.7. The molecule has 0 aromatic heterocycles. The summed E-state index contributed by atoms with van der Waals surface area (Å²) >= 11 is 1.08. The first-order valence-electron chi connectivity index (χ1n) is 8.88. The van der Waals surface area contributed by atoms with Gasteiger partial charge >= 0.3 is 12.1 Å². The van der Waals surface area contributed by atoms with Crippen LogP contribution in [0.3, 0.4) is 0 Å². The maximum atomic E-state index is 12.9. The third kappa shape index (κ3) is 5.53. The van der Waals surface area contributed by atoms with Crippen molar-refractivity contribution in [1.29, 1.82) is 0 Å². The van der Waals surface area contributed by atoms with Crippen LogP contribution >= 0.6 is 11.8 Å². The summed E-state index contributed by atoms with van der Waals surface area (Å²) in [5, 5.41) is 2.11. The zero-order valence-corrected chi connectivity index (χ0v) is 16.3. The number of amides is 2. The number of thioether (sulfide) groups is 1. The largest absolute Gasteiger partial charge is 0.446 e. The van der Waals surface area contributed by atoms with Gasteiger partial charge in [0.25, 0.3) is 11.1 Å². The zero-order valence-electron chi connectivity index (χ0n) is 15.5. The van der Waals surface area contributed by atoms with Gasteiger partial charge in [-0.05, 0) is 18.2 Å². The van der Waals surface area contributed by atoms with Gasteiger partial charge in [0.2, 0.25) is 6.10 Å². The van der Waals surface area contributed by atoms with Gasteiger partial charge in [0.05, 0.1) is 5.56 Å². The molecular weight excluding hydrogens is 421 g/mol. The van der Waals surface area contributed by atoms with Gasteiger partial charge in [0, 0.05) is 23.5 Å². The number of halogens is 3. The van der Waals surface area contributed by atoms with Crippen LogP contribution in [-0.2, 0) is 20.5 Å². The summed E-state index contributed by atoms with van der Waals surface area (Å²) in [6.45, 7) is 0.0804. The van der Waals surface area contributed by atoms with Crippen molar-refractivity contribution in [2.24, 2.45) is 0 Å². The van der Waals surface area contributed by atoms with E-state index < -0.39 is 29.7 Å². The number of nitrogens with zero attached hydrogens (tertiary/aromatic N) is 1. The zero-order chi connectivity index (χ0) is 21.7. The van der Waals surface area contributed by atoms with E-state index in [-0.39, 0.29) is 17.5 Å². The van der Waals surface area contributed by atoms with Crippen LogP contribution < -0.4 is 5.32 Å². The number of nitrogens with one attached hydrogen (secondary N) is 1. The molecule has 3 rings (SSSR count). The molecule has 1 aliphatic rings. The summed E-state index contributed by atoms with van der Waals surface area (Å²) in [4.78, 5) is 38.0. The minimum absolute atomic E-state index is 0.0853. The molecule has 1 heterocycles. The Morgan fingerprint density at radius 2 is 1.87 bits per heavy atom. The van der Waals surface area contributed by atoms with Crippen LogP contribution in [0.4, 0.5) is 23.7 Å². The number of carbonyl (C=O) groups is 3. The van der Waals surface area contributed by atoms with Crippen molar-refractivity contribution in [3.63, 3.8) is 0 Å². The van der Waals surface area contributed by atoms with E-state index in [4.69, 9.17) is 4.74 Å². The molecule has 1 unspecified atom stereocenters. The lowest BCUT2D eigenvalue weighted by atomic mass is 10.1. The van der Waals surface area contributed by atoms with E-state index in [0.29, 0.717) is 17.9 Å². The number of carbonyl (C=O) groups excluding carboxylic acids is 3. The Kier molecular flexibility index (Phi) is 6.66. The van der Waals surface area contributed by atoms with Crippen molar-refractivity contribution in [3.8, 4) is 0 Å². The summed E-state index contributed by atoms with van der Waals surface area (Å²) in [7, 11) is 0. The highest BCUT2D eigenvalue weighted by atomic mass is 32.2. The number of ether oxygens (including phenoxy) is 1. The molecule has 1 atom stereocenters. The van der Waals surface area contributed by atoms with Gasteiger partial charge < -0.3 is 15.0 Å². The first-order valence-corrected chi connectivity index (χ1v) is 9.87. The average Bonchev–Trinajstić information content (AvgIpc) is 3.10. The van der Waals surface area contributed by atoms with E-state index in [1.807, 2.05) is 0 Å². The average molecular weight is 438 g/mol. The highest BCUT2D eigenvalue weighted by Gasteiger charge is 2.32. The van der Waals surface area contributed by atoms with Crippen LogP contribution in [0, 0.1) is 0 Å². The fourth-order valence-electron chi connectivity index (χ4n) is 2.78. The van der Waals surface area contributed by atoms with Gasteiger partial charge in [0.1, 0.15) is 6.54 Å². The third-order valence-corrected chi connectivity index (χ3v) is 5.10. The molecular formula is C20H17F3N2O4S. The minimum Gasteiger partial charge on any atom is -0.446 e. The second-order valence-electron chi connectivity index (χ2n) is 6.38. The molecule has 1 N–H and O–H groups in total. The molecule has 2 amide bonds. The topological polar surface area (TPSA) is 75.7 Å². The molecule has 0 spiro atoms. The predicted molar refractivity (Wildman–Crippen MR) is 105 cm³/mol. The Labute approximate surface area is 174 Å². The molecule has 1 saturated heterocycles. The summed E-state index contributed by atoms with van der Waals surface area (Å²) in [5.74, 6) is -1.04. The van der Waals surface area contributed by atoms with E-state index in [0.717, 1.165) is 23.9 Å². The number of rotatable bonds is 6. The van der Waals surface area contributed by atoms with Gasteiger partial charge in [-0.15, -0.1) is 0 Å². The van der Waals surface area contributed by atoms with E-state index in [9.17, 15) is 27.6 Å². The SMILES string of the molecule is O=C(CN1CCSC1=O)OC(C(=O)Nc1cccc(C(F)(F)F)c1)c1ccccc1. The maximum absolute atomic E-state index is 12.9. The highest BCUT2D eigenvalue weighted by molar-refractivity contribution is 8.13. The van der Waals surface area contributed by atoms with Crippen LogP contribution in [0.1, 0.15) is 17.2 Å². The fraction of sp³-hybridized carbons (Fsp3) is 0.250. The molecule has 1 fully saturated rings. The van der Waals surface area contributed by atoms with Gasteiger partial charge in [-0.3, -0.25) is 14.4 Å². The quantitative estimate of drug-likeness (QED) is 0.688. The summed E-state index contributed by atoms with van der Waals surface area (Å²) in [5.41, 5.74) is -0.658. The number of benzene rings is 2. The van der Waals surface area contributed by atoms with Crippen LogP contribution in [0.5, 0.6) is 0 Å². The van der Waals surface area contributed by atoms with Crippen LogP contribution in [0.2, 0.25) is 0 Å². The Morgan fingerprint density at radius 3 is 2.50 bits per heavy atom. The van der Waals surface area contributed by atoms with Gasteiger partial charge in [-0.1, -0.05) is 48.2 Å². The molecule has 0 saturated carbocycles. The molecule has 1 aliphatic heterocycles. The fourth-order valence-corrected chi connectivity index (χ4v) is 3.60.